The molecule has 1 unspecified atom stereocenters. The van der Waals surface area contributed by atoms with Gasteiger partial charge in [0.2, 0.25) is 0 Å². The minimum Gasteiger partial charge on any atom is -0.321 e. The summed E-state index contributed by atoms with van der Waals surface area (Å²) in [4.78, 5) is 0. The number of benzene rings is 2. The number of rotatable bonds is 3. The standard InChI is InChI=1S/C15H14Cl2FN/c1-15(19,11-2-4-12(16)5-3-11)9-10-8-13(18)6-7-14(10)17/h2-8H,9,19H2,1H3. The second-order valence-corrected chi connectivity index (χ2v) is 5.68. The summed E-state index contributed by atoms with van der Waals surface area (Å²) in [6, 6.07) is 11.6. The molecule has 1 nitrogen and oxygen atoms in total. The largest absolute Gasteiger partial charge is 0.321 e. The van der Waals surface area contributed by atoms with Crippen LogP contribution in [0.3, 0.4) is 0 Å². The van der Waals surface area contributed by atoms with Gasteiger partial charge in [0, 0.05) is 15.6 Å². The fourth-order valence-corrected chi connectivity index (χ4v) is 2.32. The Bertz CT molecular complexity index is 579. The molecule has 1 atom stereocenters. The van der Waals surface area contributed by atoms with Gasteiger partial charge in [-0.1, -0.05) is 35.3 Å². The minimum atomic E-state index is -0.637. The Morgan fingerprint density at radius 2 is 1.74 bits per heavy atom. The molecular weight excluding hydrogens is 284 g/mol. The number of nitrogens with two attached hydrogens (primary N) is 1. The van der Waals surface area contributed by atoms with Crippen molar-refractivity contribution < 1.29 is 4.39 Å². The zero-order valence-electron chi connectivity index (χ0n) is 10.5. The van der Waals surface area contributed by atoms with E-state index in [0.29, 0.717) is 22.0 Å². The summed E-state index contributed by atoms with van der Waals surface area (Å²) in [5.41, 5.74) is 7.30. The van der Waals surface area contributed by atoms with Crippen LogP contribution in [0.4, 0.5) is 4.39 Å². The van der Waals surface area contributed by atoms with Gasteiger partial charge < -0.3 is 5.73 Å². The fourth-order valence-electron chi connectivity index (χ4n) is 2.01. The van der Waals surface area contributed by atoms with Gasteiger partial charge in [-0.25, -0.2) is 4.39 Å². The Labute approximate surface area is 122 Å². The van der Waals surface area contributed by atoms with Gasteiger partial charge in [-0.05, 0) is 54.8 Å². The molecule has 0 heterocycles. The maximum Gasteiger partial charge on any atom is 0.123 e. The van der Waals surface area contributed by atoms with E-state index in [2.05, 4.69) is 0 Å². The van der Waals surface area contributed by atoms with Crippen LogP contribution in [0.2, 0.25) is 10.0 Å². The Balaban J connectivity index is 2.30. The fraction of sp³-hybridized carbons (Fsp3) is 0.200. The van der Waals surface area contributed by atoms with Crippen molar-refractivity contribution in [2.45, 2.75) is 18.9 Å². The monoisotopic (exact) mass is 297 g/mol. The van der Waals surface area contributed by atoms with Crippen LogP contribution < -0.4 is 5.73 Å². The smallest absolute Gasteiger partial charge is 0.123 e. The normalized spacial score (nSPS) is 14.2. The molecule has 0 aromatic heterocycles. The van der Waals surface area contributed by atoms with Crippen molar-refractivity contribution in [2.24, 2.45) is 5.73 Å². The molecule has 0 radical (unpaired) electrons. The van der Waals surface area contributed by atoms with E-state index < -0.39 is 5.54 Å². The summed E-state index contributed by atoms with van der Waals surface area (Å²) in [7, 11) is 0. The molecule has 19 heavy (non-hydrogen) atoms. The lowest BCUT2D eigenvalue weighted by Crippen LogP contribution is -2.35. The highest BCUT2D eigenvalue weighted by atomic mass is 35.5. The lowest BCUT2D eigenvalue weighted by molar-refractivity contribution is 0.489. The van der Waals surface area contributed by atoms with E-state index in [1.807, 2.05) is 19.1 Å². The summed E-state index contributed by atoms with van der Waals surface area (Å²) < 4.78 is 13.3. The van der Waals surface area contributed by atoms with Gasteiger partial charge in [-0.3, -0.25) is 0 Å². The van der Waals surface area contributed by atoms with E-state index in [1.54, 1.807) is 18.2 Å². The minimum absolute atomic E-state index is 0.314. The van der Waals surface area contributed by atoms with Crippen LogP contribution >= 0.6 is 23.2 Å². The third kappa shape index (κ3) is 3.47. The van der Waals surface area contributed by atoms with E-state index in [9.17, 15) is 4.39 Å². The van der Waals surface area contributed by atoms with Gasteiger partial charge >= 0.3 is 0 Å². The van der Waals surface area contributed by atoms with Crippen LogP contribution in [0.15, 0.2) is 42.5 Å². The van der Waals surface area contributed by atoms with Crippen molar-refractivity contribution in [3.8, 4) is 0 Å². The van der Waals surface area contributed by atoms with Crippen LogP contribution in [0.5, 0.6) is 0 Å². The maximum absolute atomic E-state index is 13.3. The van der Waals surface area contributed by atoms with E-state index in [0.717, 1.165) is 5.56 Å². The third-order valence-electron chi connectivity index (χ3n) is 3.07. The second-order valence-electron chi connectivity index (χ2n) is 4.84. The van der Waals surface area contributed by atoms with E-state index in [-0.39, 0.29) is 5.82 Å². The predicted octanol–water partition coefficient (Wildman–Crippen LogP) is 4.55. The molecule has 2 aromatic rings. The van der Waals surface area contributed by atoms with Crippen LogP contribution in [-0.2, 0) is 12.0 Å². The molecule has 0 bridgehead atoms. The Kier molecular flexibility index (Phi) is 4.14. The van der Waals surface area contributed by atoms with E-state index in [4.69, 9.17) is 28.9 Å². The number of halogens is 3. The van der Waals surface area contributed by atoms with Crippen molar-refractivity contribution in [2.75, 3.05) is 0 Å². The molecule has 0 aliphatic rings. The van der Waals surface area contributed by atoms with Gasteiger partial charge in [0.25, 0.3) is 0 Å². The maximum atomic E-state index is 13.3. The zero-order valence-corrected chi connectivity index (χ0v) is 12.0. The Morgan fingerprint density at radius 1 is 1.11 bits per heavy atom. The van der Waals surface area contributed by atoms with E-state index >= 15 is 0 Å². The molecule has 2 aromatic carbocycles. The van der Waals surface area contributed by atoms with Crippen molar-refractivity contribution in [1.29, 1.82) is 0 Å². The highest BCUT2D eigenvalue weighted by molar-refractivity contribution is 6.31. The Morgan fingerprint density at radius 3 is 2.37 bits per heavy atom. The molecule has 4 heteroatoms. The first-order chi connectivity index (χ1) is 8.88. The third-order valence-corrected chi connectivity index (χ3v) is 3.69. The van der Waals surface area contributed by atoms with Crippen LogP contribution in [0.25, 0.3) is 0 Å². The topological polar surface area (TPSA) is 26.0 Å². The lowest BCUT2D eigenvalue weighted by Gasteiger charge is -2.26. The molecule has 0 saturated carbocycles. The summed E-state index contributed by atoms with van der Waals surface area (Å²) in [6.07, 6.45) is 0.450. The zero-order chi connectivity index (χ0) is 14.0. The van der Waals surface area contributed by atoms with Gasteiger partial charge in [0.15, 0.2) is 0 Å². The molecule has 0 aliphatic carbocycles. The quantitative estimate of drug-likeness (QED) is 0.884. The number of hydrogen-bond acceptors (Lipinski definition) is 1. The molecule has 0 spiro atoms. The van der Waals surface area contributed by atoms with Crippen LogP contribution in [-0.4, -0.2) is 0 Å². The highest BCUT2D eigenvalue weighted by Gasteiger charge is 2.23. The number of hydrogen-bond donors (Lipinski definition) is 1. The van der Waals surface area contributed by atoms with Gasteiger partial charge in [-0.2, -0.15) is 0 Å². The van der Waals surface area contributed by atoms with Gasteiger partial charge in [-0.15, -0.1) is 0 Å². The molecule has 100 valence electrons. The molecule has 0 amide bonds. The van der Waals surface area contributed by atoms with E-state index in [1.165, 1.54) is 12.1 Å². The van der Waals surface area contributed by atoms with Gasteiger partial charge in [0.05, 0.1) is 0 Å². The average molecular weight is 298 g/mol. The molecule has 2 rings (SSSR count). The summed E-state index contributed by atoms with van der Waals surface area (Å²) in [6.45, 7) is 1.89. The first kappa shape index (κ1) is 14.3. The molecule has 0 aliphatic heterocycles. The van der Waals surface area contributed by atoms with Crippen molar-refractivity contribution in [1.82, 2.24) is 0 Å². The molecule has 0 saturated heterocycles. The van der Waals surface area contributed by atoms with Gasteiger partial charge in [0.1, 0.15) is 5.82 Å². The Hall–Kier alpha value is -1.09. The summed E-state index contributed by atoms with van der Waals surface area (Å²) in [5, 5.41) is 1.18. The predicted molar refractivity (Wildman–Crippen MR) is 78.1 cm³/mol. The first-order valence-electron chi connectivity index (χ1n) is 5.87. The van der Waals surface area contributed by atoms with Crippen molar-refractivity contribution >= 4 is 23.2 Å². The van der Waals surface area contributed by atoms with Crippen LogP contribution in [0, 0.1) is 5.82 Å². The highest BCUT2D eigenvalue weighted by Crippen LogP contribution is 2.28. The lowest BCUT2D eigenvalue weighted by atomic mass is 9.86. The summed E-state index contributed by atoms with van der Waals surface area (Å²) >= 11 is 11.9. The van der Waals surface area contributed by atoms with Crippen molar-refractivity contribution in [3.63, 3.8) is 0 Å². The molecule has 2 N–H and O–H groups in total. The molecular formula is C15H14Cl2FN. The average Bonchev–Trinajstić information content (AvgIpc) is 2.34. The summed E-state index contributed by atoms with van der Waals surface area (Å²) in [5.74, 6) is -0.314. The van der Waals surface area contributed by atoms with Crippen molar-refractivity contribution in [3.05, 3.63) is 69.5 Å². The molecule has 0 fully saturated rings. The second kappa shape index (κ2) is 5.49. The van der Waals surface area contributed by atoms with Crippen LogP contribution in [0.1, 0.15) is 18.1 Å². The first-order valence-corrected chi connectivity index (χ1v) is 6.63. The SMILES string of the molecule is CC(N)(Cc1cc(F)ccc1Cl)c1ccc(Cl)cc1.